The first-order valence-electron chi connectivity index (χ1n) is 4.13. The molecular weight excluding hydrogens is 140 g/mol. The first-order chi connectivity index (χ1) is 5.18. The highest BCUT2D eigenvalue weighted by Gasteiger charge is 2.05. The van der Waals surface area contributed by atoms with Crippen LogP contribution in [-0.4, -0.2) is 32.8 Å². The lowest BCUT2D eigenvalue weighted by Gasteiger charge is -2.15. The lowest BCUT2D eigenvalue weighted by molar-refractivity contribution is 0.197. The van der Waals surface area contributed by atoms with E-state index in [2.05, 4.69) is 12.2 Å². The van der Waals surface area contributed by atoms with Gasteiger partial charge in [-0.25, -0.2) is 0 Å². The van der Waals surface area contributed by atoms with Crippen molar-refractivity contribution in [2.24, 2.45) is 11.7 Å². The number of rotatable bonds is 6. The molecule has 0 saturated heterocycles. The van der Waals surface area contributed by atoms with Crippen molar-refractivity contribution in [2.45, 2.75) is 19.9 Å². The van der Waals surface area contributed by atoms with Crippen molar-refractivity contribution in [3.8, 4) is 0 Å². The Morgan fingerprint density at radius 3 is 2.55 bits per heavy atom. The highest BCUT2D eigenvalue weighted by atomic mass is 16.5. The molecule has 0 aromatic heterocycles. The molecule has 0 heterocycles. The van der Waals surface area contributed by atoms with E-state index >= 15 is 0 Å². The quantitative estimate of drug-likeness (QED) is 0.546. The highest BCUT2D eigenvalue weighted by molar-refractivity contribution is 4.65. The fraction of sp³-hybridized carbons (Fsp3) is 1.00. The molecular formula is C8H20N2O. The molecule has 0 aliphatic rings. The lowest BCUT2D eigenvalue weighted by Crippen LogP contribution is -2.34. The summed E-state index contributed by atoms with van der Waals surface area (Å²) in [6, 6.07) is 0.269. The summed E-state index contributed by atoms with van der Waals surface area (Å²) in [7, 11) is 1.71. The zero-order chi connectivity index (χ0) is 8.69. The van der Waals surface area contributed by atoms with Crippen LogP contribution in [-0.2, 0) is 4.74 Å². The van der Waals surface area contributed by atoms with Gasteiger partial charge in [0, 0.05) is 19.7 Å². The number of methoxy groups -OCH3 is 1. The van der Waals surface area contributed by atoms with E-state index in [-0.39, 0.29) is 6.04 Å². The molecule has 2 atom stereocenters. The van der Waals surface area contributed by atoms with Crippen LogP contribution in [0.4, 0.5) is 0 Å². The lowest BCUT2D eigenvalue weighted by atomic mass is 10.1. The van der Waals surface area contributed by atoms with Gasteiger partial charge in [-0.15, -0.1) is 0 Å². The topological polar surface area (TPSA) is 47.3 Å². The minimum atomic E-state index is 0.269. The Bertz CT molecular complexity index is 86.2. The number of nitrogens with two attached hydrogens (primary N) is 1. The van der Waals surface area contributed by atoms with E-state index in [1.165, 1.54) is 0 Å². The average molecular weight is 160 g/mol. The van der Waals surface area contributed by atoms with E-state index in [1.807, 2.05) is 6.92 Å². The summed E-state index contributed by atoms with van der Waals surface area (Å²) in [6.07, 6.45) is 0. The summed E-state index contributed by atoms with van der Waals surface area (Å²) < 4.78 is 4.89. The molecule has 0 radical (unpaired) electrons. The third-order valence-electron chi connectivity index (χ3n) is 1.85. The van der Waals surface area contributed by atoms with Gasteiger partial charge in [0.2, 0.25) is 0 Å². The predicted molar refractivity (Wildman–Crippen MR) is 47.6 cm³/mol. The second-order valence-corrected chi connectivity index (χ2v) is 3.03. The van der Waals surface area contributed by atoms with Crippen molar-refractivity contribution >= 4 is 0 Å². The van der Waals surface area contributed by atoms with E-state index in [0.717, 1.165) is 19.7 Å². The molecule has 3 nitrogen and oxygen atoms in total. The Morgan fingerprint density at radius 1 is 1.45 bits per heavy atom. The normalized spacial score (nSPS) is 16.4. The predicted octanol–water partition coefficient (Wildman–Crippen LogP) is 0.206. The van der Waals surface area contributed by atoms with E-state index in [0.29, 0.717) is 5.92 Å². The Hall–Kier alpha value is -0.120. The van der Waals surface area contributed by atoms with Crippen LogP contribution in [0, 0.1) is 5.92 Å². The number of hydrogen-bond acceptors (Lipinski definition) is 3. The van der Waals surface area contributed by atoms with Crippen molar-refractivity contribution in [2.75, 3.05) is 26.8 Å². The van der Waals surface area contributed by atoms with Crippen molar-refractivity contribution < 1.29 is 4.74 Å². The SMILES string of the molecule is COCCNCC(C)C(C)N. The maximum absolute atomic E-state index is 5.68. The number of ether oxygens (including phenoxy) is 1. The van der Waals surface area contributed by atoms with E-state index in [4.69, 9.17) is 10.5 Å². The van der Waals surface area contributed by atoms with E-state index in [1.54, 1.807) is 7.11 Å². The van der Waals surface area contributed by atoms with Crippen LogP contribution in [0.15, 0.2) is 0 Å². The fourth-order valence-corrected chi connectivity index (χ4v) is 0.690. The first kappa shape index (κ1) is 10.9. The summed E-state index contributed by atoms with van der Waals surface area (Å²) in [5.41, 5.74) is 5.68. The third kappa shape index (κ3) is 6.28. The molecule has 68 valence electrons. The maximum atomic E-state index is 5.68. The third-order valence-corrected chi connectivity index (χ3v) is 1.85. The minimum Gasteiger partial charge on any atom is -0.383 e. The van der Waals surface area contributed by atoms with Gasteiger partial charge in [0.25, 0.3) is 0 Å². The summed E-state index contributed by atoms with van der Waals surface area (Å²) in [6.45, 7) is 6.83. The molecule has 0 aliphatic carbocycles. The van der Waals surface area contributed by atoms with Crippen LogP contribution < -0.4 is 11.1 Å². The molecule has 0 aromatic rings. The molecule has 0 amide bonds. The second kappa shape index (κ2) is 6.58. The van der Waals surface area contributed by atoms with Gasteiger partial charge >= 0.3 is 0 Å². The Labute approximate surface area is 69.3 Å². The van der Waals surface area contributed by atoms with Crippen LogP contribution in [0.1, 0.15) is 13.8 Å². The summed E-state index contributed by atoms with van der Waals surface area (Å²) >= 11 is 0. The van der Waals surface area contributed by atoms with Crippen molar-refractivity contribution in [1.29, 1.82) is 0 Å². The van der Waals surface area contributed by atoms with Crippen LogP contribution in [0.5, 0.6) is 0 Å². The van der Waals surface area contributed by atoms with E-state index < -0.39 is 0 Å². The van der Waals surface area contributed by atoms with Gasteiger partial charge in [0.05, 0.1) is 6.61 Å². The van der Waals surface area contributed by atoms with E-state index in [9.17, 15) is 0 Å². The molecule has 3 heteroatoms. The molecule has 0 aliphatic heterocycles. The Balaban J connectivity index is 3.10. The fourth-order valence-electron chi connectivity index (χ4n) is 0.690. The van der Waals surface area contributed by atoms with Crippen LogP contribution in [0.3, 0.4) is 0 Å². The monoisotopic (exact) mass is 160 g/mol. The van der Waals surface area contributed by atoms with Gasteiger partial charge in [0.15, 0.2) is 0 Å². The number of hydrogen-bond donors (Lipinski definition) is 2. The van der Waals surface area contributed by atoms with Gasteiger partial charge in [0.1, 0.15) is 0 Å². The molecule has 0 bridgehead atoms. The van der Waals surface area contributed by atoms with Gasteiger partial charge < -0.3 is 15.8 Å². The molecule has 0 saturated carbocycles. The second-order valence-electron chi connectivity index (χ2n) is 3.03. The van der Waals surface area contributed by atoms with Crippen LogP contribution in [0.2, 0.25) is 0 Å². The Morgan fingerprint density at radius 2 is 2.09 bits per heavy atom. The zero-order valence-electron chi connectivity index (χ0n) is 7.76. The summed E-state index contributed by atoms with van der Waals surface area (Å²) in [5.74, 6) is 0.534. The van der Waals surface area contributed by atoms with Gasteiger partial charge in [-0.3, -0.25) is 0 Å². The zero-order valence-corrected chi connectivity index (χ0v) is 7.76. The number of nitrogens with one attached hydrogen (secondary N) is 1. The van der Waals surface area contributed by atoms with Gasteiger partial charge in [-0.2, -0.15) is 0 Å². The summed E-state index contributed by atoms with van der Waals surface area (Å²) in [4.78, 5) is 0. The Kier molecular flexibility index (Phi) is 6.51. The van der Waals surface area contributed by atoms with Gasteiger partial charge in [-0.05, 0) is 19.4 Å². The summed E-state index contributed by atoms with van der Waals surface area (Å²) in [5, 5.41) is 3.26. The smallest absolute Gasteiger partial charge is 0.0587 e. The molecule has 0 spiro atoms. The standard InChI is InChI=1S/C8H20N2O/c1-7(8(2)9)6-10-4-5-11-3/h7-8,10H,4-6,9H2,1-3H3. The molecule has 0 aromatic carbocycles. The maximum Gasteiger partial charge on any atom is 0.0587 e. The molecule has 11 heavy (non-hydrogen) atoms. The van der Waals surface area contributed by atoms with Crippen LogP contribution >= 0.6 is 0 Å². The molecule has 2 unspecified atom stereocenters. The molecule has 0 rings (SSSR count). The molecule has 3 N–H and O–H groups in total. The van der Waals surface area contributed by atoms with Crippen molar-refractivity contribution in [1.82, 2.24) is 5.32 Å². The largest absolute Gasteiger partial charge is 0.383 e. The first-order valence-corrected chi connectivity index (χ1v) is 4.13. The molecule has 0 fully saturated rings. The van der Waals surface area contributed by atoms with Crippen molar-refractivity contribution in [3.05, 3.63) is 0 Å². The van der Waals surface area contributed by atoms with Gasteiger partial charge in [-0.1, -0.05) is 6.92 Å². The minimum absolute atomic E-state index is 0.269. The highest BCUT2D eigenvalue weighted by Crippen LogP contribution is 1.95. The average Bonchev–Trinajstić information content (AvgIpc) is 1.97. The van der Waals surface area contributed by atoms with Crippen molar-refractivity contribution in [3.63, 3.8) is 0 Å². The van der Waals surface area contributed by atoms with Crippen LogP contribution in [0.25, 0.3) is 0 Å².